The van der Waals surface area contributed by atoms with Crippen LogP contribution in [0.3, 0.4) is 0 Å². The predicted octanol–water partition coefficient (Wildman–Crippen LogP) is 4.77. The van der Waals surface area contributed by atoms with Crippen LogP contribution >= 0.6 is 11.6 Å². The summed E-state index contributed by atoms with van der Waals surface area (Å²) in [4.78, 5) is 19.0. The number of urea groups is 1. The molecule has 2 aromatic carbocycles. The van der Waals surface area contributed by atoms with Crippen LogP contribution in [0.15, 0.2) is 53.1 Å². The minimum Gasteiger partial charge on any atom is -0.496 e. The molecule has 0 bridgehead atoms. The van der Waals surface area contributed by atoms with Gasteiger partial charge < -0.3 is 19.5 Å². The average Bonchev–Trinajstić information content (AvgIpc) is 3.37. The minimum atomic E-state index is -0.268. The van der Waals surface area contributed by atoms with Crippen molar-refractivity contribution in [3.63, 3.8) is 0 Å². The van der Waals surface area contributed by atoms with Crippen molar-refractivity contribution in [1.82, 2.24) is 15.0 Å². The summed E-state index contributed by atoms with van der Waals surface area (Å²) in [5, 5.41) is 7.52. The van der Waals surface area contributed by atoms with Gasteiger partial charge in [-0.05, 0) is 43.2 Å². The van der Waals surface area contributed by atoms with E-state index in [9.17, 15) is 4.79 Å². The lowest BCUT2D eigenvalue weighted by Gasteiger charge is -2.22. The Bertz CT molecular complexity index is 991. The van der Waals surface area contributed by atoms with Gasteiger partial charge in [0.25, 0.3) is 0 Å². The number of benzene rings is 2. The summed E-state index contributed by atoms with van der Waals surface area (Å²) in [6.45, 7) is 0.615. The highest BCUT2D eigenvalue weighted by molar-refractivity contribution is 6.30. The summed E-state index contributed by atoms with van der Waals surface area (Å²) >= 11 is 5.99. The molecule has 1 N–H and O–H groups in total. The molecule has 2 amide bonds. The number of rotatable bonds is 4. The van der Waals surface area contributed by atoms with Crippen LogP contribution in [0.25, 0.3) is 11.4 Å². The molecule has 1 aliphatic heterocycles. The number of nitrogens with one attached hydrogen (secondary N) is 1. The van der Waals surface area contributed by atoms with Gasteiger partial charge in [0, 0.05) is 17.3 Å². The van der Waals surface area contributed by atoms with Crippen LogP contribution in [0, 0.1) is 0 Å². The van der Waals surface area contributed by atoms with Gasteiger partial charge >= 0.3 is 6.03 Å². The summed E-state index contributed by atoms with van der Waals surface area (Å²) in [7, 11) is 1.60. The Morgan fingerprint density at radius 3 is 2.96 bits per heavy atom. The Hall–Kier alpha value is -3.06. The summed E-state index contributed by atoms with van der Waals surface area (Å²) < 4.78 is 10.9. The lowest BCUT2D eigenvalue weighted by Crippen LogP contribution is -2.34. The number of methoxy groups -OCH3 is 1. The van der Waals surface area contributed by atoms with E-state index < -0.39 is 0 Å². The topological polar surface area (TPSA) is 80.5 Å². The molecule has 1 unspecified atom stereocenters. The molecule has 0 radical (unpaired) electrons. The smallest absolute Gasteiger partial charge is 0.322 e. The molecule has 7 nitrogen and oxygen atoms in total. The van der Waals surface area contributed by atoms with E-state index in [4.69, 9.17) is 20.9 Å². The average molecular weight is 399 g/mol. The first kappa shape index (κ1) is 18.3. The van der Waals surface area contributed by atoms with Crippen LogP contribution in [-0.2, 0) is 0 Å². The van der Waals surface area contributed by atoms with E-state index in [2.05, 4.69) is 15.5 Å². The SMILES string of the molecule is COc1ccccc1-c1noc(C2CCCN2C(=O)Nc2cccc(Cl)c2)n1. The van der Waals surface area contributed by atoms with Crippen LogP contribution in [0.2, 0.25) is 5.02 Å². The zero-order chi connectivity index (χ0) is 19.5. The van der Waals surface area contributed by atoms with Crippen LogP contribution in [0.1, 0.15) is 24.8 Å². The van der Waals surface area contributed by atoms with Crippen LogP contribution in [-0.4, -0.2) is 34.7 Å². The van der Waals surface area contributed by atoms with Crippen molar-refractivity contribution < 1.29 is 14.1 Å². The summed E-state index contributed by atoms with van der Waals surface area (Å²) in [5.41, 5.74) is 1.39. The predicted molar refractivity (Wildman–Crippen MR) is 105 cm³/mol. The largest absolute Gasteiger partial charge is 0.496 e. The Morgan fingerprint density at radius 1 is 1.29 bits per heavy atom. The Kier molecular flexibility index (Phi) is 5.16. The van der Waals surface area contributed by atoms with Crippen molar-refractivity contribution in [2.24, 2.45) is 0 Å². The van der Waals surface area contributed by atoms with Crippen LogP contribution < -0.4 is 10.1 Å². The number of aromatic nitrogens is 2. The molecule has 1 saturated heterocycles. The number of para-hydroxylation sites is 1. The number of amides is 2. The molecule has 2 heterocycles. The third kappa shape index (κ3) is 3.66. The molecule has 1 atom stereocenters. The van der Waals surface area contributed by atoms with Gasteiger partial charge in [-0.3, -0.25) is 0 Å². The maximum atomic E-state index is 12.7. The first-order valence-electron chi connectivity index (χ1n) is 8.96. The standard InChI is InChI=1S/C20H19ClN4O3/c1-27-17-10-3-2-8-15(17)18-23-19(28-24-18)16-9-5-11-25(16)20(26)22-14-7-4-6-13(21)12-14/h2-4,6-8,10,12,16H,5,9,11H2,1H3,(H,22,26). The van der Waals surface area contributed by atoms with Gasteiger partial charge in [0.15, 0.2) is 0 Å². The molecule has 144 valence electrons. The van der Waals surface area contributed by atoms with Crippen molar-refractivity contribution >= 4 is 23.3 Å². The molecule has 8 heteroatoms. The maximum Gasteiger partial charge on any atom is 0.322 e. The molecule has 0 aliphatic carbocycles. The fraction of sp³-hybridized carbons (Fsp3) is 0.250. The molecule has 3 aromatic rings. The van der Waals surface area contributed by atoms with Crippen molar-refractivity contribution in [3.8, 4) is 17.1 Å². The number of nitrogens with zero attached hydrogens (tertiary/aromatic N) is 3. The van der Waals surface area contributed by atoms with Gasteiger partial charge in [-0.25, -0.2) is 4.79 Å². The second-order valence-corrected chi connectivity index (χ2v) is 6.88. The van der Waals surface area contributed by atoms with E-state index in [0.29, 0.717) is 34.7 Å². The molecule has 1 aliphatic rings. The third-order valence-corrected chi connectivity index (χ3v) is 4.90. The highest BCUT2D eigenvalue weighted by Crippen LogP contribution is 2.34. The zero-order valence-corrected chi connectivity index (χ0v) is 16.0. The number of carbonyl (C=O) groups is 1. The Labute approximate surface area is 167 Å². The lowest BCUT2D eigenvalue weighted by molar-refractivity contribution is 0.193. The number of hydrogen-bond donors (Lipinski definition) is 1. The highest BCUT2D eigenvalue weighted by Gasteiger charge is 2.34. The molecule has 0 saturated carbocycles. The van der Waals surface area contributed by atoms with E-state index >= 15 is 0 Å². The molecular weight excluding hydrogens is 380 g/mol. The van der Waals surface area contributed by atoms with Gasteiger partial charge in [-0.15, -0.1) is 0 Å². The molecular formula is C20H19ClN4O3. The molecule has 1 fully saturated rings. The zero-order valence-electron chi connectivity index (χ0n) is 15.3. The first-order valence-corrected chi connectivity index (χ1v) is 9.33. The number of halogens is 1. The van der Waals surface area contributed by atoms with Gasteiger partial charge in [-0.2, -0.15) is 4.98 Å². The highest BCUT2D eigenvalue weighted by atomic mass is 35.5. The summed E-state index contributed by atoms with van der Waals surface area (Å²) in [5.74, 6) is 1.52. The molecule has 1 aromatic heterocycles. The monoisotopic (exact) mass is 398 g/mol. The van der Waals surface area contributed by atoms with Crippen molar-refractivity contribution in [3.05, 3.63) is 59.4 Å². The number of likely N-dealkylation sites (tertiary alicyclic amines) is 1. The van der Waals surface area contributed by atoms with Crippen molar-refractivity contribution in [1.29, 1.82) is 0 Å². The van der Waals surface area contributed by atoms with Gasteiger partial charge in [-0.1, -0.05) is 35.0 Å². The van der Waals surface area contributed by atoms with E-state index in [1.54, 1.807) is 36.3 Å². The van der Waals surface area contributed by atoms with Crippen molar-refractivity contribution in [2.45, 2.75) is 18.9 Å². The van der Waals surface area contributed by atoms with Crippen LogP contribution in [0.4, 0.5) is 10.5 Å². The van der Waals surface area contributed by atoms with Gasteiger partial charge in [0.2, 0.25) is 11.7 Å². The Balaban J connectivity index is 1.54. The van der Waals surface area contributed by atoms with Crippen molar-refractivity contribution in [2.75, 3.05) is 19.0 Å². The molecule has 0 spiro atoms. The maximum absolute atomic E-state index is 12.7. The van der Waals surface area contributed by atoms with E-state index in [1.807, 2.05) is 24.3 Å². The van der Waals surface area contributed by atoms with Gasteiger partial charge in [0.1, 0.15) is 11.8 Å². The number of carbonyl (C=O) groups excluding carboxylic acids is 1. The fourth-order valence-electron chi connectivity index (χ4n) is 3.34. The van der Waals surface area contributed by atoms with Gasteiger partial charge in [0.05, 0.1) is 12.7 Å². The fourth-order valence-corrected chi connectivity index (χ4v) is 3.53. The first-order chi connectivity index (χ1) is 13.7. The van der Waals surface area contributed by atoms with Crippen LogP contribution in [0.5, 0.6) is 5.75 Å². The second kappa shape index (κ2) is 7.90. The summed E-state index contributed by atoms with van der Waals surface area (Å²) in [6.07, 6.45) is 1.62. The normalized spacial score (nSPS) is 16.2. The van der Waals surface area contributed by atoms with E-state index in [1.165, 1.54) is 0 Å². The Morgan fingerprint density at radius 2 is 2.14 bits per heavy atom. The number of anilines is 1. The summed E-state index contributed by atoms with van der Waals surface area (Å²) in [6, 6.07) is 14.0. The molecule has 28 heavy (non-hydrogen) atoms. The quantitative estimate of drug-likeness (QED) is 0.684. The van der Waals surface area contributed by atoms with E-state index in [-0.39, 0.29) is 12.1 Å². The molecule has 4 rings (SSSR count). The number of ether oxygens (including phenoxy) is 1. The third-order valence-electron chi connectivity index (χ3n) is 4.66. The lowest BCUT2D eigenvalue weighted by atomic mass is 10.2. The number of hydrogen-bond acceptors (Lipinski definition) is 5. The second-order valence-electron chi connectivity index (χ2n) is 6.45. The minimum absolute atomic E-state index is 0.221. The van der Waals surface area contributed by atoms with E-state index in [0.717, 1.165) is 18.4 Å².